The molecule has 0 aliphatic rings. The van der Waals surface area contributed by atoms with Crippen LogP contribution in [-0.4, -0.2) is 29.5 Å². The van der Waals surface area contributed by atoms with Crippen molar-refractivity contribution in [2.45, 2.75) is 20.0 Å². The molecule has 0 atom stereocenters. The summed E-state index contributed by atoms with van der Waals surface area (Å²) in [6.07, 6.45) is 4.94. The van der Waals surface area contributed by atoms with E-state index in [1.807, 2.05) is 19.1 Å². The molecule has 0 fully saturated rings. The second kappa shape index (κ2) is 4.60. The third kappa shape index (κ3) is 1.99. The van der Waals surface area contributed by atoms with Crippen molar-refractivity contribution in [1.29, 1.82) is 0 Å². The average molecular weight is 256 g/mol. The van der Waals surface area contributed by atoms with Crippen LogP contribution in [0.25, 0.3) is 11.2 Å². The number of fused-ring (bicyclic) bond motifs is 1. The van der Waals surface area contributed by atoms with Gasteiger partial charge in [0.15, 0.2) is 11.2 Å². The fraction of sp³-hybridized carbons (Fsp3) is 0.250. The van der Waals surface area contributed by atoms with Crippen molar-refractivity contribution < 1.29 is 0 Å². The molecule has 3 aromatic heterocycles. The minimum atomic E-state index is -0.187. The van der Waals surface area contributed by atoms with Crippen LogP contribution < -0.4 is 5.56 Å². The Bertz CT molecular complexity index is 761. The van der Waals surface area contributed by atoms with Crippen LogP contribution in [0, 0.1) is 0 Å². The topological polar surface area (TPSA) is 78.5 Å². The van der Waals surface area contributed by atoms with Crippen LogP contribution in [0.15, 0.2) is 35.6 Å². The summed E-state index contributed by atoms with van der Waals surface area (Å²) in [5, 5.41) is 7.79. The fourth-order valence-corrected chi connectivity index (χ4v) is 1.90. The van der Waals surface area contributed by atoms with Gasteiger partial charge in [-0.3, -0.25) is 14.3 Å². The van der Waals surface area contributed by atoms with Gasteiger partial charge in [0.05, 0.1) is 6.54 Å². The highest BCUT2D eigenvalue weighted by Gasteiger charge is 2.10. The molecule has 7 heteroatoms. The summed E-state index contributed by atoms with van der Waals surface area (Å²) in [7, 11) is 0. The van der Waals surface area contributed by atoms with Crippen molar-refractivity contribution in [1.82, 2.24) is 29.5 Å². The van der Waals surface area contributed by atoms with E-state index in [0.29, 0.717) is 24.3 Å². The normalized spacial score (nSPS) is 11.0. The lowest BCUT2D eigenvalue weighted by atomic mass is 10.3. The predicted molar refractivity (Wildman–Crippen MR) is 68.6 cm³/mol. The van der Waals surface area contributed by atoms with E-state index in [1.165, 1.54) is 10.9 Å². The first-order valence-corrected chi connectivity index (χ1v) is 5.97. The van der Waals surface area contributed by atoms with Gasteiger partial charge in [0.1, 0.15) is 6.33 Å². The van der Waals surface area contributed by atoms with Gasteiger partial charge >= 0.3 is 0 Å². The summed E-state index contributed by atoms with van der Waals surface area (Å²) in [5.41, 5.74) is 1.57. The Morgan fingerprint density at radius 2 is 2.26 bits per heavy atom. The second-order valence-electron chi connectivity index (χ2n) is 4.12. The van der Waals surface area contributed by atoms with E-state index in [0.717, 1.165) is 5.56 Å². The van der Waals surface area contributed by atoms with E-state index in [4.69, 9.17) is 0 Å². The average Bonchev–Trinajstić information content (AvgIpc) is 2.87. The lowest BCUT2D eigenvalue weighted by molar-refractivity contribution is 0.640. The van der Waals surface area contributed by atoms with Crippen molar-refractivity contribution in [3.05, 3.63) is 46.8 Å². The van der Waals surface area contributed by atoms with E-state index in [-0.39, 0.29) is 5.56 Å². The number of pyridine rings is 1. The quantitative estimate of drug-likeness (QED) is 0.680. The molecule has 0 unspecified atom stereocenters. The van der Waals surface area contributed by atoms with Crippen molar-refractivity contribution >= 4 is 11.2 Å². The highest BCUT2D eigenvalue weighted by molar-refractivity contribution is 5.67. The molecular weight excluding hydrogens is 244 g/mol. The zero-order valence-corrected chi connectivity index (χ0v) is 10.4. The van der Waals surface area contributed by atoms with E-state index >= 15 is 0 Å². The zero-order valence-electron chi connectivity index (χ0n) is 10.4. The number of hydrogen-bond acceptors (Lipinski definition) is 5. The van der Waals surface area contributed by atoms with Gasteiger partial charge in [0.25, 0.3) is 5.56 Å². The van der Waals surface area contributed by atoms with Crippen molar-refractivity contribution in [3.8, 4) is 0 Å². The van der Waals surface area contributed by atoms with Crippen LogP contribution in [0.3, 0.4) is 0 Å². The maximum atomic E-state index is 12.2. The summed E-state index contributed by atoms with van der Waals surface area (Å²) in [6.45, 7) is 2.99. The molecule has 0 radical (unpaired) electrons. The summed E-state index contributed by atoms with van der Waals surface area (Å²) in [6, 6.07) is 3.74. The maximum Gasteiger partial charge on any atom is 0.283 e. The van der Waals surface area contributed by atoms with Crippen LogP contribution in [-0.2, 0) is 13.1 Å². The number of hydrogen-bond donors (Lipinski definition) is 0. The van der Waals surface area contributed by atoms with E-state index in [2.05, 4.69) is 20.3 Å². The lowest BCUT2D eigenvalue weighted by Crippen LogP contribution is -2.21. The molecule has 0 aromatic carbocycles. The molecule has 0 aliphatic carbocycles. The van der Waals surface area contributed by atoms with Crippen molar-refractivity contribution in [2.24, 2.45) is 0 Å². The Balaban J connectivity index is 2.06. The summed E-state index contributed by atoms with van der Waals surface area (Å²) < 4.78 is 3.11. The molecule has 19 heavy (non-hydrogen) atoms. The minimum absolute atomic E-state index is 0.187. The summed E-state index contributed by atoms with van der Waals surface area (Å²) >= 11 is 0. The maximum absolute atomic E-state index is 12.2. The molecule has 3 aromatic rings. The van der Waals surface area contributed by atoms with Gasteiger partial charge < -0.3 is 0 Å². The van der Waals surface area contributed by atoms with Gasteiger partial charge in [-0.05, 0) is 18.6 Å². The van der Waals surface area contributed by atoms with Crippen LogP contribution in [0.2, 0.25) is 0 Å². The first-order valence-electron chi connectivity index (χ1n) is 5.97. The molecule has 0 N–H and O–H groups in total. The molecule has 0 bridgehead atoms. The Kier molecular flexibility index (Phi) is 2.79. The Morgan fingerprint density at radius 1 is 1.37 bits per heavy atom. The highest BCUT2D eigenvalue weighted by atomic mass is 16.1. The smallest absolute Gasteiger partial charge is 0.283 e. The molecule has 3 heterocycles. The third-order valence-electron chi connectivity index (χ3n) is 2.87. The van der Waals surface area contributed by atoms with Crippen LogP contribution in [0.5, 0.6) is 0 Å². The molecule has 7 nitrogen and oxygen atoms in total. The summed E-state index contributed by atoms with van der Waals surface area (Å²) in [4.78, 5) is 20.5. The Morgan fingerprint density at radius 3 is 3.00 bits per heavy atom. The van der Waals surface area contributed by atoms with Crippen LogP contribution >= 0.6 is 0 Å². The number of nitrogens with zero attached hydrogens (tertiary/aromatic N) is 6. The van der Waals surface area contributed by atoms with Crippen molar-refractivity contribution in [3.63, 3.8) is 0 Å². The van der Waals surface area contributed by atoms with Gasteiger partial charge in [-0.15, -0.1) is 5.10 Å². The molecule has 0 saturated heterocycles. The van der Waals surface area contributed by atoms with Crippen LogP contribution in [0.4, 0.5) is 0 Å². The second-order valence-corrected chi connectivity index (χ2v) is 4.12. The molecular formula is C12H12N6O. The third-order valence-corrected chi connectivity index (χ3v) is 2.87. The largest absolute Gasteiger partial charge is 0.293 e. The van der Waals surface area contributed by atoms with Gasteiger partial charge in [0, 0.05) is 18.9 Å². The van der Waals surface area contributed by atoms with Crippen molar-refractivity contribution in [2.75, 3.05) is 0 Å². The van der Waals surface area contributed by atoms with Gasteiger partial charge in [-0.25, -0.2) is 9.67 Å². The monoisotopic (exact) mass is 256 g/mol. The standard InChI is InChI=1S/C12H12N6O/c1-2-18-11-10(15-16-18)12(19)17(8-14-11)7-9-4-3-5-13-6-9/h3-6,8H,2,7H2,1H3. The SMILES string of the molecule is CCn1nnc2c(=O)n(Cc3cccnc3)cnc21. The lowest BCUT2D eigenvalue weighted by Gasteiger charge is -2.04. The molecule has 3 rings (SSSR count). The molecule has 96 valence electrons. The Labute approximate surface area is 108 Å². The minimum Gasteiger partial charge on any atom is -0.293 e. The van der Waals surface area contributed by atoms with E-state index < -0.39 is 0 Å². The zero-order chi connectivity index (χ0) is 13.2. The fourth-order valence-electron chi connectivity index (χ4n) is 1.90. The van der Waals surface area contributed by atoms with Gasteiger partial charge in [-0.2, -0.15) is 0 Å². The first kappa shape index (κ1) is 11.5. The number of aryl methyl sites for hydroxylation is 1. The van der Waals surface area contributed by atoms with E-state index in [1.54, 1.807) is 17.1 Å². The molecule has 0 saturated carbocycles. The molecule has 0 spiro atoms. The number of aromatic nitrogens is 6. The van der Waals surface area contributed by atoms with E-state index in [9.17, 15) is 4.79 Å². The predicted octanol–water partition coefficient (Wildman–Crippen LogP) is 0.451. The summed E-state index contributed by atoms with van der Waals surface area (Å²) in [5.74, 6) is 0. The van der Waals surface area contributed by atoms with Gasteiger partial charge in [-0.1, -0.05) is 11.3 Å². The van der Waals surface area contributed by atoms with Crippen LogP contribution in [0.1, 0.15) is 12.5 Å². The number of rotatable bonds is 3. The first-order chi connectivity index (χ1) is 9.29. The van der Waals surface area contributed by atoms with Gasteiger partial charge in [0.2, 0.25) is 0 Å². The molecule has 0 amide bonds. The Hall–Kier alpha value is -2.57. The highest BCUT2D eigenvalue weighted by Crippen LogP contribution is 2.03. The molecule has 0 aliphatic heterocycles.